The van der Waals surface area contributed by atoms with E-state index in [-0.39, 0.29) is 11.5 Å². The monoisotopic (exact) mass is 384 g/mol. The van der Waals surface area contributed by atoms with Crippen molar-refractivity contribution in [3.05, 3.63) is 64.6 Å². The number of H-pyrrole nitrogens is 1. The third kappa shape index (κ3) is 4.62. The highest BCUT2D eigenvalue weighted by Gasteiger charge is 2.20. The van der Waals surface area contributed by atoms with Crippen molar-refractivity contribution in [3.63, 3.8) is 0 Å². The molecule has 0 unspecified atom stereocenters. The summed E-state index contributed by atoms with van der Waals surface area (Å²) in [5.41, 5.74) is 1.39. The lowest BCUT2D eigenvalue weighted by atomic mass is 10.1. The van der Waals surface area contributed by atoms with Gasteiger partial charge >= 0.3 is 0 Å². The summed E-state index contributed by atoms with van der Waals surface area (Å²) in [6, 6.07) is 6.27. The summed E-state index contributed by atoms with van der Waals surface area (Å²) in [5.74, 6) is 0.980. The number of pyridine rings is 1. The number of aromatic nitrogens is 5. The summed E-state index contributed by atoms with van der Waals surface area (Å²) >= 11 is 1.66. The molecule has 0 radical (unpaired) electrons. The molecule has 0 aliphatic heterocycles. The van der Waals surface area contributed by atoms with Crippen molar-refractivity contribution in [2.24, 2.45) is 7.05 Å². The van der Waals surface area contributed by atoms with Gasteiger partial charge in [0.1, 0.15) is 11.5 Å². The number of hydrogen-bond acceptors (Lipinski definition) is 6. The molecule has 0 bridgehead atoms. The Kier molecular flexibility index (Phi) is 6.02. The molecule has 0 spiro atoms. The van der Waals surface area contributed by atoms with Gasteiger partial charge in [-0.2, -0.15) is 16.9 Å². The van der Waals surface area contributed by atoms with E-state index in [0.29, 0.717) is 29.2 Å². The minimum atomic E-state index is -0.391. The third-order valence-corrected chi connectivity index (χ3v) is 4.67. The van der Waals surface area contributed by atoms with Gasteiger partial charge in [0.15, 0.2) is 0 Å². The SMILES string of the molecule is CSCC[C@@H](NC(=O)c1ccnn1C)c1cc(=O)[nH]c(-c2cccnc2)n1. The number of rotatable bonds is 7. The molecule has 9 heteroatoms. The van der Waals surface area contributed by atoms with Gasteiger partial charge in [0.05, 0.1) is 11.7 Å². The number of carbonyl (C=O) groups excluding carboxylic acids is 1. The Morgan fingerprint density at radius 2 is 2.22 bits per heavy atom. The Balaban J connectivity index is 1.93. The number of amides is 1. The molecule has 3 rings (SSSR count). The Labute approximate surface area is 160 Å². The van der Waals surface area contributed by atoms with Crippen LogP contribution < -0.4 is 10.9 Å². The van der Waals surface area contributed by atoms with Crippen LogP contribution >= 0.6 is 11.8 Å². The molecule has 3 aromatic heterocycles. The Hall–Kier alpha value is -2.94. The molecular formula is C18H20N6O2S. The summed E-state index contributed by atoms with van der Waals surface area (Å²) < 4.78 is 1.51. The second kappa shape index (κ2) is 8.63. The third-order valence-electron chi connectivity index (χ3n) is 4.02. The smallest absolute Gasteiger partial charge is 0.270 e. The predicted octanol–water partition coefficient (Wildman–Crippen LogP) is 1.79. The zero-order valence-electron chi connectivity index (χ0n) is 15.0. The Bertz CT molecular complexity index is 969. The summed E-state index contributed by atoms with van der Waals surface area (Å²) in [5, 5.41) is 7.00. The lowest BCUT2D eigenvalue weighted by molar-refractivity contribution is 0.0925. The molecule has 0 aliphatic rings. The van der Waals surface area contributed by atoms with Crippen LogP contribution in [0, 0.1) is 0 Å². The quantitative estimate of drug-likeness (QED) is 0.643. The lowest BCUT2D eigenvalue weighted by Crippen LogP contribution is -2.32. The van der Waals surface area contributed by atoms with E-state index in [1.54, 1.807) is 49.5 Å². The van der Waals surface area contributed by atoms with Gasteiger partial charge in [0.2, 0.25) is 0 Å². The Morgan fingerprint density at radius 3 is 2.89 bits per heavy atom. The molecule has 27 heavy (non-hydrogen) atoms. The molecule has 0 fully saturated rings. The fourth-order valence-electron chi connectivity index (χ4n) is 2.65. The second-order valence-corrected chi connectivity index (χ2v) is 6.89. The maximum Gasteiger partial charge on any atom is 0.270 e. The molecule has 0 aliphatic carbocycles. The van der Waals surface area contributed by atoms with Crippen molar-refractivity contribution < 1.29 is 4.79 Å². The number of hydrogen-bond donors (Lipinski definition) is 2. The first kappa shape index (κ1) is 18.8. The first-order valence-electron chi connectivity index (χ1n) is 8.38. The summed E-state index contributed by atoms with van der Waals surface area (Å²) in [6.07, 6.45) is 7.49. The normalized spacial score (nSPS) is 11.9. The van der Waals surface area contributed by atoms with Crippen LogP contribution in [0.15, 0.2) is 47.7 Å². The van der Waals surface area contributed by atoms with E-state index in [1.807, 2.05) is 12.3 Å². The van der Waals surface area contributed by atoms with E-state index < -0.39 is 6.04 Å². The highest BCUT2D eigenvalue weighted by atomic mass is 32.2. The fraction of sp³-hybridized carbons (Fsp3) is 0.278. The van der Waals surface area contributed by atoms with Gasteiger partial charge in [-0.15, -0.1) is 0 Å². The number of carbonyl (C=O) groups is 1. The molecule has 3 aromatic rings. The molecular weight excluding hydrogens is 364 g/mol. The zero-order chi connectivity index (χ0) is 19.2. The topological polar surface area (TPSA) is 106 Å². The largest absolute Gasteiger partial charge is 0.342 e. The average Bonchev–Trinajstić information content (AvgIpc) is 3.11. The zero-order valence-corrected chi connectivity index (χ0v) is 15.9. The van der Waals surface area contributed by atoms with Gasteiger partial charge in [0, 0.05) is 37.3 Å². The van der Waals surface area contributed by atoms with E-state index in [0.717, 1.165) is 5.75 Å². The highest BCUT2D eigenvalue weighted by molar-refractivity contribution is 7.98. The fourth-order valence-corrected chi connectivity index (χ4v) is 3.12. The second-order valence-electron chi connectivity index (χ2n) is 5.91. The summed E-state index contributed by atoms with van der Waals surface area (Å²) in [7, 11) is 1.71. The van der Waals surface area contributed by atoms with Crippen molar-refractivity contribution in [2.75, 3.05) is 12.0 Å². The predicted molar refractivity (Wildman–Crippen MR) is 105 cm³/mol. The van der Waals surface area contributed by atoms with E-state index in [9.17, 15) is 9.59 Å². The van der Waals surface area contributed by atoms with Crippen LogP contribution in [0.4, 0.5) is 0 Å². The molecule has 140 valence electrons. The van der Waals surface area contributed by atoms with E-state index in [1.165, 1.54) is 10.7 Å². The van der Waals surface area contributed by atoms with Crippen LogP contribution in [0.3, 0.4) is 0 Å². The summed E-state index contributed by atoms with van der Waals surface area (Å²) in [6.45, 7) is 0. The van der Waals surface area contributed by atoms with Gasteiger partial charge in [-0.3, -0.25) is 19.3 Å². The molecule has 0 aromatic carbocycles. The molecule has 1 atom stereocenters. The Morgan fingerprint density at radius 1 is 1.37 bits per heavy atom. The van der Waals surface area contributed by atoms with Gasteiger partial charge in [-0.1, -0.05) is 0 Å². The van der Waals surface area contributed by atoms with E-state index in [4.69, 9.17) is 0 Å². The van der Waals surface area contributed by atoms with Crippen LogP contribution in [0.2, 0.25) is 0 Å². The standard InChI is InChI=1S/C18H20N6O2S/c1-24-15(5-8-20-24)18(26)22-13(6-9-27-2)14-10-16(25)23-17(21-14)12-4-3-7-19-11-12/h3-5,7-8,10-11,13H,6,9H2,1-2H3,(H,22,26)(H,21,23,25)/t13-/m1/s1. The van der Waals surface area contributed by atoms with Gasteiger partial charge in [0.25, 0.3) is 11.5 Å². The molecule has 0 saturated carbocycles. The minimum Gasteiger partial charge on any atom is -0.342 e. The van der Waals surface area contributed by atoms with Crippen LogP contribution in [0.1, 0.15) is 28.6 Å². The maximum absolute atomic E-state index is 12.6. The van der Waals surface area contributed by atoms with Gasteiger partial charge < -0.3 is 10.3 Å². The van der Waals surface area contributed by atoms with Crippen LogP contribution in [-0.2, 0) is 7.05 Å². The number of nitrogens with zero attached hydrogens (tertiary/aromatic N) is 4. The van der Waals surface area contributed by atoms with Crippen molar-refractivity contribution in [1.29, 1.82) is 0 Å². The molecule has 1 amide bonds. The molecule has 2 N–H and O–H groups in total. The first-order valence-corrected chi connectivity index (χ1v) is 9.77. The summed E-state index contributed by atoms with van der Waals surface area (Å²) in [4.78, 5) is 36.2. The number of nitrogens with one attached hydrogen (secondary N) is 2. The molecule has 0 saturated heterocycles. The van der Waals surface area contributed by atoms with Crippen molar-refractivity contribution in [1.82, 2.24) is 30.0 Å². The van der Waals surface area contributed by atoms with Crippen molar-refractivity contribution in [3.8, 4) is 11.4 Å². The van der Waals surface area contributed by atoms with Gasteiger partial charge in [-0.05, 0) is 36.6 Å². The number of aryl methyl sites for hydroxylation is 1. The maximum atomic E-state index is 12.6. The molecule has 8 nitrogen and oxygen atoms in total. The van der Waals surface area contributed by atoms with E-state index in [2.05, 4.69) is 25.4 Å². The first-order chi connectivity index (χ1) is 13.1. The van der Waals surface area contributed by atoms with Crippen molar-refractivity contribution in [2.45, 2.75) is 12.5 Å². The van der Waals surface area contributed by atoms with Crippen molar-refractivity contribution >= 4 is 17.7 Å². The number of thioether (sulfide) groups is 1. The average molecular weight is 384 g/mol. The van der Waals surface area contributed by atoms with E-state index >= 15 is 0 Å². The number of aromatic amines is 1. The van der Waals surface area contributed by atoms with Crippen LogP contribution in [0.25, 0.3) is 11.4 Å². The highest BCUT2D eigenvalue weighted by Crippen LogP contribution is 2.19. The molecule has 3 heterocycles. The van der Waals surface area contributed by atoms with Crippen LogP contribution in [-0.4, -0.2) is 42.6 Å². The van der Waals surface area contributed by atoms with Crippen LogP contribution in [0.5, 0.6) is 0 Å². The minimum absolute atomic E-state index is 0.258. The lowest BCUT2D eigenvalue weighted by Gasteiger charge is -2.18. The van der Waals surface area contributed by atoms with Gasteiger partial charge in [-0.25, -0.2) is 4.98 Å².